The molecule has 1 aliphatic rings. The van der Waals surface area contributed by atoms with Crippen LogP contribution in [0.3, 0.4) is 0 Å². The van der Waals surface area contributed by atoms with E-state index in [-0.39, 0.29) is 18.6 Å². The second-order valence-corrected chi connectivity index (χ2v) is 5.07. The minimum atomic E-state index is 0.161. The van der Waals surface area contributed by atoms with Crippen LogP contribution >= 0.6 is 0 Å². The normalized spacial score (nSPS) is 19.4. The van der Waals surface area contributed by atoms with Gasteiger partial charge in [0.2, 0.25) is 5.91 Å². The van der Waals surface area contributed by atoms with Crippen LogP contribution in [0.25, 0.3) is 0 Å². The highest BCUT2D eigenvalue weighted by Crippen LogP contribution is 2.20. The number of aliphatic hydroxyl groups excluding tert-OH is 1. The van der Waals surface area contributed by atoms with Gasteiger partial charge < -0.3 is 10.0 Å². The van der Waals surface area contributed by atoms with E-state index in [1.54, 1.807) is 6.20 Å². The van der Waals surface area contributed by atoms with Crippen LogP contribution in [0.1, 0.15) is 37.8 Å². The summed E-state index contributed by atoms with van der Waals surface area (Å²) in [6, 6.07) is 6.01. The fourth-order valence-corrected chi connectivity index (χ4v) is 2.70. The first-order valence-electron chi connectivity index (χ1n) is 7.11. The highest BCUT2D eigenvalue weighted by molar-refractivity contribution is 5.76. The van der Waals surface area contributed by atoms with E-state index in [2.05, 4.69) is 4.98 Å². The van der Waals surface area contributed by atoms with Crippen LogP contribution < -0.4 is 0 Å². The van der Waals surface area contributed by atoms with Gasteiger partial charge in [0.25, 0.3) is 0 Å². The zero-order valence-electron chi connectivity index (χ0n) is 11.3. The Kier molecular flexibility index (Phi) is 5.33. The quantitative estimate of drug-likeness (QED) is 0.880. The number of aromatic nitrogens is 1. The maximum Gasteiger partial charge on any atom is 0.223 e. The monoisotopic (exact) mass is 262 g/mol. The molecule has 4 heteroatoms. The Morgan fingerprint density at radius 3 is 3.05 bits per heavy atom. The maximum absolute atomic E-state index is 12.3. The first-order valence-corrected chi connectivity index (χ1v) is 7.11. The Hall–Kier alpha value is -1.42. The standard InChI is InChI=1S/C15H22N2O2/c18-12-9-14-6-2-4-11-17(14)15(19)8-7-13-5-1-3-10-16-13/h1,3,5,10,14,18H,2,4,6-9,11-12H2. The number of amides is 1. The van der Waals surface area contributed by atoms with Gasteiger partial charge in [-0.15, -0.1) is 0 Å². The van der Waals surface area contributed by atoms with Crippen molar-refractivity contribution < 1.29 is 9.90 Å². The van der Waals surface area contributed by atoms with Gasteiger partial charge in [0.15, 0.2) is 0 Å². The average Bonchev–Trinajstić information content (AvgIpc) is 2.47. The molecular weight excluding hydrogens is 240 g/mol. The zero-order valence-corrected chi connectivity index (χ0v) is 11.3. The first kappa shape index (κ1) is 14.0. The van der Waals surface area contributed by atoms with Crippen molar-refractivity contribution in [3.05, 3.63) is 30.1 Å². The Labute approximate surface area is 114 Å². The molecule has 1 unspecified atom stereocenters. The number of aliphatic hydroxyl groups is 1. The van der Waals surface area contributed by atoms with Crippen LogP contribution in [0, 0.1) is 0 Å². The lowest BCUT2D eigenvalue weighted by Gasteiger charge is -2.35. The molecule has 1 saturated heterocycles. The number of carbonyl (C=O) groups excluding carboxylic acids is 1. The van der Waals surface area contributed by atoms with Gasteiger partial charge in [-0.3, -0.25) is 9.78 Å². The third-order valence-corrected chi connectivity index (χ3v) is 3.73. The Bertz CT molecular complexity index is 392. The fraction of sp³-hybridized carbons (Fsp3) is 0.600. The zero-order chi connectivity index (χ0) is 13.5. The maximum atomic E-state index is 12.3. The van der Waals surface area contributed by atoms with Crippen LogP contribution in [-0.4, -0.2) is 40.1 Å². The van der Waals surface area contributed by atoms with E-state index in [1.165, 1.54) is 0 Å². The molecule has 1 fully saturated rings. The van der Waals surface area contributed by atoms with Crippen LogP contribution in [0.2, 0.25) is 0 Å². The van der Waals surface area contributed by atoms with Crippen molar-refractivity contribution in [2.75, 3.05) is 13.2 Å². The van der Waals surface area contributed by atoms with Crippen molar-refractivity contribution >= 4 is 5.91 Å². The molecule has 2 heterocycles. The summed E-state index contributed by atoms with van der Waals surface area (Å²) in [6.07, 6.45) is 6.94. The van der Waals surface area contributed by atoms with Gasteiger partial charge in [-0.05, 0) is 44.2 Å². The molecule has 0 radical (unpaired) electrons. The van der Waals surface area contributed by atoms with E-state index >= 15 is 0 Å². The highest BCUT2D eigenvalue weighted by atomic mass is 16.3. The smallest absolute Gasteiger partial charge is 0.223 e. The number of hydrogen-bond acceptors (Lipinski definition) is 3. The molecule has 2 rings (SSSR count). The minimum absolute atomic E-state index is 0.161. The van der Waals surface area contributed by atoms with E-state index < -0.39 is 0 Å². The molecule has 1 aromatic rings. The third-order valence-electron chi connectivity index (χ3n) is 3.73. The Morgan fingerprint density at radius 2 is 2.32 bits per heavy atom. The summed E-state index contributed by atoms with van der Waals surface area (Å²) in [7, 11) is 0. The number of hydrogen-bond donors (Lipinski definition) is 1. The SMILES string of the molecule is O=C(CCc1ccccn1)N1CCCCC1CCO. The molecule has 4 nitrogen and oxygen atoms in total. The van der Waals surface area contributed by atoms with Crippen LogP contribution in [0.15, 0.2) is 24.4 Å². The average molecular weight is 262 g/mol. The lowest BCUT2D eigenvalue weighted by atomic mass is 9.99. The molecule has 1 N–H and O–H groups in total. The van der Waals surface area contributed by atoms with Gasteiger partial charge in [0.1, 0.15) is 0 Å². The highest BCUT2D eigenvalue weighted by Gasteiger charge is 2.25. The summed E-state index contributed by atoms with van der Waals surface area (Å²) >= 11 is 0. The number of carbonyl (C=O) groups is 1. The van der Waals surface area contributed by atoms with E-state index in [0.717, 1.165) is 31.5 Å². The summed E-state index contributed by atoms with van der Waals surface area (Å²) in [5.74, 6) is 0.198. The summed E-state index contributed by atoms with van der Waals surface area (Å²) in [4.78, 5) is 18.5. The molecule has 1 aliphatic heterocycles. The van der Waals surface area contributed by atoms with Crippen molar-refractivity contribution in [1.29, 1.82) is 0 Å². The topological polar surface area (TPSA) is 53.4 Å². The molecule has 0 bridgehead atoms. The van der Waals surface area contributed by atoms with E-state index in [9.17, 15) is 4.79 Å². The number of piperidine rings is 1. The molecule has 1 aromatic heterocycles. The van der Waals surface area contributed by atoms with Gasteiger partial charge in [-0.25, -0.2) is 0 Å². The van der Waals surface area contributed by atoms with Crippen molar-refractivity contribution in [2.45, 2.75) is 44.6 Å². The van der Waals surface area contributed by atoms with Crippen molar-refractivity contribution in [3.8, 4) is 0 Å². The predicted octanol–water partition coefficient (Wildman–Crippen LogP) is 1.78. The van der Waals surface area contributed by atoms with Crippen molar-refractivity contribution in [3.63, 3.8) is 0 Å². The third kappa shape index (κ3) is 4.03. The summed E-state index contributed by atoms with van der Waals surface area (Å²) in [6.45, 7) is 1.00. The number of rotatable bonds is 5. The van der Waals surface area contributed by atoms with Gasteiger partial charge >= 0.3 is 0 Å². The Morgan fingerprint density at radius 1 is 1.42 bits per heavy atom. The first-order chi connectivity index (χ1) is 9.31. The number of aryl methyl sites for hydroxylation is 1. The molecule has 0 spiro atoms. The van der Waals surface area contributed by atoms with E-state index in [4.69, 9.17) is 5.11 Å². The minimum Gasteiger partial charge on any atom is -0.396 e. The molecule has 104 valence electrons. The number of nitrogens with zero attached hydrogens (tertiary/aromatic N) is 2. The lowest BCUT2D eigenvalue weighted by molar-refractivity contribution is -0.135. The Balaban J connectivity index is 1.87. The molecule has 1 amide bonds. The van der Waals surface area contributed by atoms with Gasteiger partial charge in [0, 0.05) is 37.5 Å². The van der Waals surface area contributed by atoms with Gasteiger partial charge in [0.05, 0.1) is 0 Å². The van der Waals surface area contributed by atoms with E-state index in [0.29, 0.717) is 19.3 Å². The molecule has 19 heavy (non-hydrogen) atoms. The van der Waals surface area contributed by atoms with Crippen LogP contribution in [0.4, 0.5) is 0 Å². The van der Waals surface area contributed by atoms with Crippen LogP contribution in [0.5, 0.6) is 0 Å². The molecule has 1 atom stereocenters. The number of likely N-dealkylation sites (tertiary alicyclic amines) is 1. The molecule has 0 aliphatic carbocycles. The molecular formula is C15H22N2O2. The lowest BCUT2D eigenvalue weighted by Crippen LogP contribution is -2.44. The summed E-state index contributed by atoms with van der Waals surface area (Å²) in [5.41, 5.74) is 0.964. The fourth-order valence-electron chi connectivity index (χ4n) is 2.70. The summed E-state index contributed by atoms with van der Waals surface area (Å²) < 4.78 is 0. The predicted molar refractivity (Wildman–Crippen MR) is 73.6 cm³/mol. The van der Waals surface area contributed by atoms with Gasteiger partial charge in [-0.1, -0.05) is 6.07 Å². The van der Waals surface area contributed by atoms with Crippen molar-refractivity contribution in [2.24, 2.45) is 0 Å². The van der Waals surface area contributed by atoms with Crippen LogP contribution in [-0.2, 0) is 11.2 Å². The van der Waals surface area contributed by atoms with Crippen molar-refractivity contribution in [1.82, 2.24) is 9.88 Å². The van der Waals surface area contributed by atoms with Gasteiger partial charge in [-0.2, -0.15) is 0 Å². The number of pyridine rings is 1. The summed E-state index contributed by atoms with van der Waals surface area (Å²) in [5, 5.41) is 9.08. The second-order valence-electron chi connectivity index (χ2n) is 5.07. The van der Waals surface area contributed by atoms with E-state index in [1.807, 2.05) is 23.1 Å². The largest absolute Gasteiger partial charge is 0.396 e. The molecule has 0 saturated carbocycles. The second kappa shape index (κ2) is 7.24. The molecule has 0 aromatic carbocycles.